The lowest BCUT2D eigenvalue weighted by Crippen LogP contribution is -2.47. The van der Waals surface area contributed by atoms with Crippen molar-refractivity contribution >= 4 is 17.7 Å². The number of carbonyl (C=O) groups is 1. The van der Waals surface area contributed by atoms with Gasteiger partial charge >= 0.3 is 0 Å². The summed E-state index contributed by atoms with van der Waals surface area (Å²) >= 11 is 0. The number of anilines is 1. The standard InChI is InChI=1S/C19H30N6O2/c1-24(2)18(26)13-22-19(21-12-16-6-5-11-27-16)23-15-8-10-25(14-15)17-7-3-4-9-20-17/h3-4,7,9,15-16H,5-6,8,10-14H2,1-2H3,(H2,21,22,23). The highest BCUT2D eigenvalue weighted by Crippen LogP contribution is 2.17. The first-order valence-electron chi connectivity index (χ1n) is 9.64. The van der Waals surface area contributed by atoms with E-state index in [0.29, 0.717) is 12.5 Å². The summed E-state index contributed by atoms with van der Waals surface area (Å²) in [6.45, 7) is 3.47. The Balaban J connectivity index is 1.56. The minimum atomic E-state index is -0.0187. The largest absolute Gasteiger partial charge is 0.376 e. The van der Waals surface area contributed by atoms with Crippen LogP contribution in [-0.4, -0.2) is 80.8 Å². The summed E-state index contributed by atoms with van der Waals surface area (Å²) in [5.74, 6) is 1.65. The van der Waals surface area contributed by atoms with E-state index < -0.39 is 0 Å². The maximum atomic E-state index is 11.9. The van der Waals surface area contributed by atoms with Crippen LogP contribution in [0.15, 0.2) is 29.4 Å². The summed E-state index contributed by atoms with van der Waals surface area (Å²) in [4.78, 5) is 24.6. The molecule has 0 aromatic carbocycles. The van der Waals surface area contributed by atoms with E-state index in [2.05, 4.69) is 25.5 Å². The van der Waals surface area contributed by atoms with Crippen LogP contribution in [0.25, 0.3) is 0 Å². The van der Waals surface area contributed by atoms with Crippen LogP contribution in [0.1, 0.15) is 19.3 Å². The first-order chi connectivity index (χ1) is 13.1. The maximum Gasteiger partial charge on any atom is 0.243 e. The smallest absolute Gasteiger partial charge is 0.243 e. The van der Waals surface area contributed by atoms with E-state index in [1.165, 1.54) is 0 Å². The minimum Gasteiger partial charge on any atom is -0.376 e. The van der Waals surface area contributed by atoms with Crippen LogP contribution in [0.4, 0.5) is 5.82 Å². The number of hydrogen-bond acceptors (Lipinski definition) is 5. The number of aliphatic imine (C=N–C) groups is 1. The van der Waals surface area contributed by atoms with Gasteiger partial charge in [-0.3, -0.25) is 4.79 Å². The zero-order valence-electron chi connectivity index (χ0n) is 16.2. The molecule has 0 aliphatic carbocycles. The van der Waals surface area contributed by atoms with Gasteiger partial charge in [0.25, 0.3) is 0 Å². The summed E-state index contributed by atoms with van der Waals surface area (Å²) < 4.78 is 5.68. The number of ether oxygens (including phenoxy) is 1. The molecule has 0 spiro atoms. The molecular formula is C19H30N6O2. The van der Waals surface area contributed by atoms with Gasteiger partial charge in [0, 0.05) is 52.6 Å². The van der Waals surface area contributed by atoms with Crippen LogP contribution in [-0.2, 0) is 9.53 Å². The van der Waals surface area contributed by atoms with E-state index >= 15 is 0 Å². The number of pyridine rings is 1. The molecule has 2 aliphatic rings. The quantitative estimate of drug-likeness (QED) is 0.556. The van der Waals surface area contributed by atoms with E-state index in [4.69, 9.17) is 4.74 Å². The molecule has 0 bridgehead atoms. The molecule has 2 fully saturated rings. The topological polar surface area (TPSA) is 82.1 Å². The molecule has 2 unspecified atom stereocenters. The number of nitrogens with one attached hydrogen (secondary N) is 2. The van der Waals surface area contributed by atoms with E-state index in [1.807, 2.05) is 24.4 Å². The molecule has 1 aromatic rings. The monoisotopic (exact) mass is 374 g/mol. The van der Waals surface area contributed by atoms with E-state index in [9.17, 15) is 4.79 Å². The Labute approximate surface area is 161 Å². The van der Waals surface area contributed by atoms with Crippen molar-refractivity contribution in [2.24, 2.45) is 4.99 Å². The fraction of sp³-hybridized carbons (Fsp3) is 0.632. The van der Waals surface area contributed by atoms with Crippen molar-refractivity contribution in [2.75, 3.05) is 51.8 Å². The Morgan fingerprint density at radius 3 is 3.00 bits per heavy atom. The van der Waals surface area contributed by atoms with Crippen molar-refractivity contribution in [2.45, 2.75) is 31.4 Å². The molecule has 1 aromatic heterocycles. The molecule has 3 rings (SSSR count). The fourth-order valence-electron chi connectivity index (χ4n) is 3.28. The number of nitrogens with zero attached hydrogens (tertiary/aromatic N) is 4. The van der Waals surface area contributed by atoms with Gasteiger partial charge in [0.05, 0.1) is 6.10 Å². The third kappa shape index (κ3) is 5.82. The Morgan fingerprint density at radius 2 is 2.30 bits per heavy atom. The molecule has 2 aliphatic heterocycles. The molecule has 8 nitrogen and oxygen atoms in total. The van der Waals surface area contributed by atoms with Crippen LogP contribution < -0.4 is 15.5 Å². The average molecular weight is 374 g/mol. The van der Waals surface area contributed by atoms with Gasteiger partial charge in [-0.25, -0.2) is 9.98 Å². The highest BCUT2D eigenvalue weighted by molar-refractivity contribution is 5.85. The predicted octanol–water partition coefficient (Wildman–Crippen LogP) is 0.463. The number of carbonyl (C=O) groups excluding carboxylic acids is 1. The van der Waals surface area contributed by atoms with Crippen molar-refractivity contribution in [1.82, 2.24) is 20.5 Å². The van der Waals surface area contributed by atoms with Crippen molar-refractivity contribution < 1.29 is 9.53 Å². The second kappa shape index (κ2) is 9.55. The number of aromatic nitrogens is 1. The summed E-state index contributed by atoms with van der Waals surface area (Å²) in [6.07, 6.45) is 5.20. The highest BCUT2D eigenvalue weighted by atomic mass is 16.5. The van der Waals surface area contributed by atoms with Gasteiger partial charge in [0.2, 0.25) is 5.91 Å². The molecule has 2 N–H and O–H groups in total. The fourth-order valence-corrected chi connectivity index (χ4v) is 3.28. The Bertz CT molecular complexity index is 630. The molecule has 148 valence electrons. The molecule has 2 atom stereocenters. The lowest BCUT2D eigenvalue weighted by atomic mass is 10.2. The predicted molar refractivity (Wildman–Crippen MR) is 106 cm³/mol. The molecule has 3 heterocycles. The molecule has 0 saturated carbocycles. The number of rotatable bonds is 6. The number of hydrogen-bond donors (Lipinski definition) is 2. The van der Waals surface area contributed by atoms with E-state index in [-0.39, 0.29) is 24.6 Å². The van der Waals surface area contributed by atoms with Crippen molar-refractivity contribution in [3.63, 3.8) is 0 Å². The number of guanidine groups is 1. The second-order valence-electron chi connectivity index (χ2n) is 7.23. The van der Waals surface area contributed by atoms with Gasteiger partial charge in [0.15, 0.2) is 5.96 Å². The zero-order valence-corrected chi connectivity index (χ0v) is 16.2. The van der Waals surface area contributed by atoms with Gasteiger partial charge in [-0.05, 0) is 31.4 Å². The molecule has 8 heteroatoms. The van der Waals surface area contributed by atoms with Gasteiger partial charge in [0.1, 0.15) is 12.4 Å². The van der Waals surface area contributed by atoms with Crippen LogP contribution in [0, 0.1) is 0 Å². The van der Waals surface area contributed by atoms with Crippen molar-refractivity contribution in [3.8, 4) is 0 Å². The summed E-state index contributed by atoms with van der Waals surface area (Å²) in [5, 5.41) is 6.82. The summed E-state index contributed by atoms with van der Waals surface area (Å²) in [5.41, 5.74) is 0. The first-order valence-corrected chi connectivity index (χ1v) is 9.64. The zero-order chi connectivity index (χ0) is 19.1. The normalized spacial score (nSPS) is 22.7. The van der Waals surface area contributed by atoms with E-state index in [1.54, 1.807) is 19.0 Å². The third-order valence-electron chi connectivity index (χ3n) is 4.89. The Kier molecular flexibility index (Phi) is 6.86. The van der Waals surface area contributed by atoms with Crippen molar-refractivity contribution in [1.29, 1.82) is 0 Å². The lowest BCUT2D eigenvalue weighted by molar-refractivity contribution is -0.127. The summed E-state index contributed by atoms with van der Waals surface area (Å²) in [7, 11) is 3.49. The van der Waals surface area contributed by atoms with Crippen molar-refractivity contribution in [3.05, 3.63) is 24.4 Å². The first kappa shape index (κ1) is 19.4. The number of amides is 1. The second-order valence-corrected chi connectivity index (χ2v) is 7.23. The van der Waals surface area contributed by atoms with Crippen LogP contribution in [0.3, 0.4) is 0 Å². The van der Waals surface area contributed by atoms with Crippen LogP contribution >= 0.6 is 0 Å². The Hall–Kier alpha value is -2.35. The number of likely N-dealkylation sites (N-methyl/N-ethyl adjacent to an activating group) is 1. The third-order valence-corrected chi connectivity index (χ3v) is 4.89. The molecule has 27 heavy (non-hydrogen) atoms. The SMILES string of the molecule is CN(C)C(=O)CN=C(NCC1CCCO1)NC1CCN(c2ccccn2)C1. The lowest BCUT2D eigenvalue weighted by Gasteiger charge is -2.21. The average Bonchev–Trinajstić information content (AvgIpc) is 3.36. The Morgan fingerprint density at radius 1 is 1.41 bits per heavy atom. The van der Waals surface area contributed by atoms with Gasteiger partial charge in [-0.15, -0.1) is 0 Å². The molecular weight excluding hydrogens is 344 g/mol. The van der Waals surface area contributed by atoms with E-state index in [0.717, 1.165) is 44.8 Å². The van der Waals surface area contributed by atoms with Gasteiger partial charge in [-0.1, -0.05) is 6.07 Å². The highest BCUT2D eigenvalue weighted by Gasteiger charge is 2.24. The van der Waals surface area contributed by atoms with Gasteiger partial charge < -0.3 is 25.2 Å². The minimum absolute atomic E-state index is 0.0187. The maximum absolute atomic E-state index is 11.9. The summed E-state index contributed by atoms with van der Waals surface area (Å²) in [6, 6.07) is 6.23. The van der Waals surface area contributed by atoms with Crippen LogP contribution in [0.5, 0.6) is 0 Å². The van der Waals surface area contributed by atoms with Gasteiger partial charge in [-0.2, -0.15) is 0 Å². The molecule has 1 amide bonds. The van der Waals surface area contributed by atoms with Crippen LogP contribution in [0.2, 0.25) is 0 Å². The molecule has 2 saturated heterocycles. The molecule has 0 radical (unpaired) electrons.